The summed E-state index contributed by atoms with van der Waals surface area (Å²) < 4.78 is 0. The minimum atomic E-state index is -0.934. The molecule has 0 aliphatic carbocycles. The largest absolute Gasteiger partial charge is 0.409 e. The molecule has 1 rings (SSSR count). The fourth-order valence-electron chi connectivity index (χ4n) is 1.94. The fraction of sp³-hybridized carbons (Fsp3) is 0.833. The Balaban J connectivity index is 2.73. The van der Waals surface area contributed by atoms with E-state index in [9.17, 15) is 4.79 Å². The molecule has 0 aromatic rings. The quantitative estimate of drug-likeness (QED) is 0.332. The van der Waals surface area contributed by atoms with E-state index in [4.69, 9.17) is 10.9 Å². The molecule has 0 bridgehead atoms. The SMILES string of the molecule is CC1(C)CCN(C(=O)C(C)(C)C(N)=NO)CC1. The van der Waals surface area contributed by atoms with E-state index < -0.39 is 5.41 Å². The lowest BCUT2D eigenvalue weighted by atomic mass is 9.81. The molecule has 1 amide bonds. The Labute approximate surface area is 103 Å². The van der Waals surface area contributed by atoms with Crippen LogP contribution in [0.25, 0.3) is 0 Å². The highest BCUT2D eigenvalue weighted by molar-refractivity contribution is 6.05. The second kappa shape index (κ2) is 4.55. The number of piperidine rings is 1. The van der Waals surface area contributed by atoms with Crippen LogP contribution in [0.2, 0.25) is 0 Å². The van der Waals surface area contributed by atoms with Gasteiger partial charge in [-0.15, -0.1) is 0 Å². The summed E-state index contributed by atoms with van der Waals surface area (Å²) in [5.41, 5.74) is 4.93. The molecular weight excluding hydrogens is 218 g/mol. The molecule has 98 valence electrons. The summed E-state index contributed by atoms with van der Waals surface area (Å²) in [4.78, 5) is 14.1. The van der Waals surface area contributed by atoms with Gasteiger partial charge in [0.05, 0.1) is 0 Å². The number of hydrogen-bond acceptors (Lipinski definition) is 3. The van der Waals surface area contributed by atoms with Crippen LogP contribution >= 0.6 is 0 Å². The zero-order valence-corrected chi connectivity index (χ0v) is 11.2. The number of nitrogens with zero attached hydrogens (tertiary/aromatic N) is 2. The molecule has 1 aliphatic rings. The molecule has 0 spiro atoms. The smallest absolute Gasteiger partial charge is 0.235 e. The number of hydrogen-bond donors (Lipinski definition) is 2. The van der Waals surface area contributed by atoms with Crippen molar-refractivity contribution in [3.05, 3.63) is 0 Å². The molecule has 0 atom stereocenters. The average molecular weight is 241 g/mol. The summed E-state index contributed by atoms with van der Waals surface area (Å²) in [6.07, 6.45) is 1.98. The molecule has 1 heterocycles. The Hall–Kier alpha value is -1.26. The van der Waals surface area contributed by atoms with Crippen molar-refractivity contribution in [3.63, 3.8) is 0 Å². The van der Waals surface area contributed by atoms with Gasteiger partial charge < -0.3 is 15.8 Å². The van der Waals surface area contributed by atoms with Crippen LogP contribution in [0.5, 0.6) is 0 Å². The molecule has 1 aliphatic heterocycles. The van der Waals surface area contributed by atoms with E-state index >= 15 is 0 Å². The molecule has 0 radical (unpaired) electrons. The number of oxime groups is 1. The monoisotopic (exact) mass is 241 g/mol. The highest BCUT2D eigenvalue weighted by atomic mass is 16.4. The second-order valence-electron chi connectivity index (χ2n) is 6.07. The number of likely N-dealkylation sites (tertiary alicyclic amines) is 1. The maximum Gasteiger partial charge on any atom is 0.235 e. The van der Waals surface area contributed by atoms with Gasteiger partial charge in [0.2, 0.25) is 5.91 Å². The lowest BCUT2D eigenvalue weighted by molar-refractivity contribution is -0.139. The van der Waals surface area contributed by atoms with E-state index in [2.05, 4.69) is 19.0 Å². The molecule has 3 N–H and O–H groups in total. The maximum absolute atomic E-state index is 12.3. The molecule has 0 saturated carbocycles. The Morgan fingerprint density at radius 3 is 2.24 bits per heavy atom. The first-order valence-corrected chi connectivity index (χ1v) is 5.98. The van der Waals surface area contributed by atoms with Gasteiger partial charge in [-0.25, -0.2) is 0 Å². The van der Waals surface area contributed by atoms with Crippen LogP contribution in [0.4, 0.5) is 0 Å². The fourth-order valence-corrected chi connectivity index (χ4v) is 1.94. The van der Waals surface area contributed by atoms with Crippen molar-refractivity contribution in [2.24, 2.45) is 21.7 Å². The lowest BCUT2D eigenvalue weighted by Gasteiger charge is -2.39. The van der Waals surface area contributed by atoms with E-state index in [0.717, 1.165) is 25.9 Å². The average Bonchev–Trinajstić information content (AvgIpc) is 2.27. The van der Waals surface area contributed by atoms with Gasteiger partial charge in [-0.1, -0.05) is 19.0 Å². The first-order chi connectivity index (χ1) is 7.70. The van der Waals surface area contributed by atoms with Crippen molar-refractivity contribution in [2.75, 3.05) is 13.1 Å². The van der Waals surface area contributed by atoms with Gasteiger partial charge in [0.1, 0.15) is 5.41 Å². The van der Waals surface area contributed by atoms with Gasteiger partial charge in [0, 0.05) is 13.1 Å². The molecule has 1 fully saturated rings. The standard InChI is InChI=1S/C12H23N3O2/c1-11(2)5-7-15(8-6-11)10(16)12(3,4)9(13)14-17/h17H,5-8H2,1-4H3,(H2,13,14). The molecule has 0 unspecified atom stereocenters. The maximum atomic E-state index is 12.3. The summed E-state index contributed by atoms with van der Waals surface area (Å²) in [6, 6.07) is 0. The first-order valence-electron chi connectivity index (χ1n) is 5.98. The van der Waals surface area contributed by atoms with E-state index in [1.165, 1.54) is 0 Å². The van der Waals surface area contributed by atoms with Crippen LogP contribution in [0, 0.1) is 10.8 Å². The Morgan fingerprint density at radius 1 is 1.35 bits per heavy atom. The first kappa shape index (κ1) is 13.8. The number of nitrogens with two attached hydrogens (primary N) is 1. The topological polar surface area (TPSA) is 78.9 Å². The molecular formula is C12H23N3O2. The molecule has 5 nitrogen and oxygen atoms in total. The van der Waals surface area contributed by atoms with Crippen LogP contribution in [0.3, 0.4) is 0 Å². The summed E-state index contributed by atoms with van der Waals surface area (Å²) in [6.45, 7) is 9.28. The minimum absolute atomic E-state index is 0.0349. The van der Waals surface area contributed by atoms with Crippen LogP contribution < -0.4 is 5.73 Å². The van der Waals surface area contributed by atoms with Gasteiger partial charge in [0.15, 0.2) is 5.84 Å². The summed E-state index contributed by atoms with van der Waals surface area (Å²) in [7, 11) is 0. The molecule has 17 heavy (non-hydrogen) atoms. The van der Waals surface area contributed by atoms with Crippen molar-refractivity contribution >= 4 is 11.7 Å². The number of amidine groups is 1. The number of carbonyl (C=O) groups is 1. The molecule has 0 aromatic heterocycles. The van der Waals surface area contributed by atoms with E-state index in [1.807, 2.05) is 4.90 Å². The summed E-state index contributed by atoms with van der Waals surface area (Å²) in [5.74, 6) is -0.101. The second-order valence-corrected chi connectivity index (χ2v) is 6.07. The summed E-state index contributed by atoms with van der Waals surface area (Å²) >= 11 is 0. The normalized spacial score (nSPS) is 21.4. The van der Waals surface area contributed by atoms with Crippen molar-refractivity contribution in [1.29, 1.82) is 0 Å². The molecule has 5 heteroatoms. The Bertz CT molecular complexity index is 325. The van der Waals surface area contributed by atoms with Crippen LogP contribution in [0.1, 0.15) is 40.5 Å². The minimum Gasteiger partial charge on any atom is -0.409 e. The van der Waals surface area contributed by atoms with Gasteiger partial charge in [-0.2, -0.15) is 0 Å². The van der Waals surface area contributed by atoms with E-state index in [1.54, 1.807) is 13.8 Å². The van der Waals surface area contributed by atoms with E-state index in [-0.39, 0.29) is 11.7 Å². The van der Waals surface area contributed by atoms with Crippen molar-refractivity contribution < 1.29 is 10.0 Å². The van der Waals surface area contributed by atoms with Crippen LogP contribution in [-0.2, 0) is 4.79 Å². The van der Waals surface area contributed by atoms with Crippen molar-refractivity contribution in [2.45, 2.75) is 40.5 Å². The third kappa shape index (κ3) is 2.90. The lowest BCUT2D eigenvalue weighted by Crippen LogP contribution is -2.51. The van der Waals surface area contributed by atoms with Crippen LogP contribution in [0.15, 0.2) is 5.16 Å². The van der Waals surface area contributed by atoms with Gasteiger partial charge >= 0.3 is 0 Å². The number of amides is 1. The highest BCUT2D eigenvalue weighted by Gasteiger charge is 2.38. The third-order valence-electron chi connectivity index (χ3n) is 3.69. The third-order valence-corrected chi connectivity index (χ3v) is 3.69. The highest BCUT2D eigenvalue weighted by Crippen LogP contribution is 2.31. The van der Waals surface area contributed by atoms with Crippen LogP contribution in [-0.4, -0.2) is 34.9 Å². The van der Waals surface area contributed by atoms with Crippen molar-refractivity contribution in [1.82, 2.24) is 4.90 Å². The Kier molecular flexibility index (Phi) is 3.69. The van der Waals surface area contributed by atoms with Gasteiger partial charge in [-0.3, -0.25) is 4.79 Å². The number of carbonyl (C=O) groups excluding carboxylic acids is 1. The Morgan fingerprint density at radius 2 is 1.82 bits per heavy atom. The number of rotatable bonds is 2. The molecule has 0 aromatic carbocycles. The zero-order chi connectivity index (χ0) is 13.3. The van der Waals surface area contributed by atoms with Gasteiger partial charge in [0.25, 0.3) is 0 Å². The summed E-state index contributed by atoms with van der Waals surface area (Å²) in [5, 5.41) is 11.6. The zero-order valence-electron chi connectivity index (χ0n) is 11.2. The predicted octanol–water partition coefficient (Wildman–Crippen LogP) is 1.41. The molecule has 1 saturated heterocycles. The predicted molar refractivity (Wildman–Crippen MR) is 66.8 cm³/mol. The van der Waals surface area contributed by atoms with E-state index in [0.29, 0.717) is 5.41 Å². The van der Waals surface area contributed by atoms with Crippen molar-refractivity contribution in [3.8, 4) is 0 Å². The van der Waals surface area contributed by atoms with Gasteiger partial charge in [-0.05, 0) is 32.1 Å².